The van der Waals surface area contributed by atoms with E-state index in [1.54, 1.807) is 5.06 Å². The van der Waals surface area contributed by atoms with Crippen molar-refractivity contribution in [2.24, 2.45) is 5.92 Å². The van der Waals surface area contributed by atoms with E-state index in [1.807, 2.05) is 0 Å². The van der Waals surface area contributed by atoms with Crippen molar-refractivity contribution in [3.8, 4) is 0 Å². The Morgan fingerprint density at radius 3 is 2.79 bits per heavy atom. The van der Waals surface area contributed by atoms with Crippen LogP contribution in [0.5, 0.6) is 0 Å². The molecule has 0 amide bonds. The first-order valence-electron chi connectivity index (χ1n) is 6.05. The van der Waals surface area contributed by atoms with Crippen molar-refractivity contribution < 1.29 is 5.21 Å². The molecule has 1 saturated heterocycles. The van der Waals surface area contributed by atoms with E-state index in [0.29, 0.717) is 0 Å². The molecule has 0 aromatic carbocycles. The maximum Gasteiger partial charge on any atom is 0.0435 e. The van der Waals surface area contributed by atoms with Crippen molar-refractivity contribution in [1.29, 1.82) is 0 Å². The summed E-state index contributed by atoms with van der Waals surface area (Å²) in [5, 5.41) is 11.5. The first-order chi connectivity index (χ1) is 6.58. The maximum atomic E-state index is 9.88. The highest BCUT2D eigenvalue weighted by Gasteiger charge is 2.35. The summed E-state index contributed by atoms with van der Waals surface area (Å²) in [4.78, 5) is 0. The lowest BCUT2D eigenvalue weighted by Gasteiger charge is -2.43. The van der Waals surface area contributed by atoms with Gasteiger partial charge in [0.1, 0.15) is 0 Å². The Morgan fingerprint density at radius 1 is 1.43 bits per heavy atom. The molecule has 2 nitrogen and oxygen atoms in total. The van der Waals surface area contributed by atoms with Gasteiger partial charge < -0.3 is 5.21 Å². The van der Waals surface area contributed by atoms with E-state index in [2.05, 4.69) is 20.8 Å². The Kier molecular flexibility index (Phi) is 4.39. The third-order valence-electron chi connectivity index (χ3n) is 3.56. The smallest absolute Gasteiger partial charge is 0.0435 e. The van der Waals surface area contributed by atoms with Crippen molar-refractivity contribution in [1.82, 2.24) is 5.06 Å². The molecule has 1 rings (SSSR count). The van der Waals surface area contributed by atoms with E-state index in [4.69, 9.17) is 0 Å². The van der Waals surface area contributed by atoms with Gasteiger partial charge in [-0.2, -0.15) is 5.06 Å². The van der Waals surface area contributed by atoms with E-state index >= 15 is 0 Å². The predicted octanol–water partition coefficient (Wildman–Crippen LogP) is 3.45. The lowest BCUT2D eigenvalue weighted by atomic mass is 9.80. The van der Waals surface area contributed by atoms with Crippen LogP contribution in [0.25, 0.3) is 0 Å². The Hall–Kier alpha value is -0.0800. The molecular weight excluding hydrogens is 174 g/mol. The van der Waals surface area contributed by atoms with Crippen molar-refractivity contribution in [2.45, 2.75) is 64.8 Å². The number of hydroxylamine groups is 2. The molecule has 1 aliphatic heterocycles. The molecule has 1 heterocycles. The van der Waals surface area contributed by atoms with E-state index < -0.39 is 0 Å². The molecule has 0 saturated carbocycles. The highest BCUT2D eigenvalue weighted by molar-refractivity contribution is 4.87. The molecule has 2 heteroatoms. The van der Waals surface area contributed by atoms with E-state index in [0.717, 1.165) is 31.7 Å². The minimum absolute atomic E-state index is 0.0484. The second kappa shape index (κ2) is 5.13. The molecule has 0 aromatic rings. The van der Waals surface area contributed by atoms with E-state index in [1.165, 1.54) is 19.3 Å². The van der Waals surface area contributed by atoms with Gasteiger partial charge in [0, 0.05) is 12.1 Å². The summed E-state index contributed by atoms with van der Waals surface area (Å²) in [6.07, 6.45) is 7.22. The molecule has 0 aliphatic carbocycles. The summed E-state index contributed by atoms with van der Waals surface area (Å²) in [5.41, 5.74) is 0.0484. The van der Waals surface area contributed by atoms with Gasteiger partial charge in [-0.05, 0) is 32.1 Å². The molecule has 84 valence electrons. The first kappa shape index (κ1) is 12.0. The molecule has 14 heavy (non-hydrogen) atoms. The second-order valence-corrected chi connectivity index (χ2v) is 5.18. The van der Waals surface area contributed by atoms with Gasteiger partial charge in [-0.3, -0.25) is 0 Å². The summed E-state index contributed by atoms with van der Waals surface area (Å²) in [5.74, 6) is 0.769. The summed E-state index contributed by atoms with van der Waals surface area (Å²) < 4.78 is 0. The van der Waals surface area contributed by atoms with Crippen LogP contribution in [0.1, 0.15) is 59.3 Å². The fraction of sp³-hybridized carbons (Fsp3) is 1.00. The number of nitrogens with zero attached hydrogens (tertiary/aromatic N) is 1. The summed E-state index contributed by atoms with van der Waals surface area (Å²) in [7, 11) is 0. The van der Waals surface area contributed by atoms with Crippen LogP contribution in [-0.2, 0) is 0 Å². The number of rotatable bonds is 4. The van der Waals surface area contributed by atoms with Crippen molar-refractivity contribution in [2.75, 3.05) is 6.54 Å². The van der Waals surface area contributed by atoms with Gasteiger partial charge in [-0.1, -0.05) is 33.1 Å². The van der Waals surface area contributed by atoms with Gasteiger partial charge in [0.05, 0.1) is 0 Å². The number of hydrogen-bond donors (Lipinski definition) is 1. The predicted molar refractivity (Wildman–Crippen MR) is 59.4 cm³/mol. The molecule has 2 atom stereocenters. The van der Waals surface area contributed by atoms with Crippen LogP contribution >= 0.6 is 0 Å². The highest BCUT2D eigenvalue weighted by atomic mass is 16.5. The van der Waals surface area contributed by atoms with E-state index in [9.17, 15) is 5.21 Å². The normalized spacial score (nSPS) is 34.7. The van der Waals surface area contributed by atoms with Crippen LogP contribution in [0.15, 0.2) is 0 Å². The van der Waals surface area contributed by atoms with Crippen LogP contribution in [-0.4, -0.2) is 22.4 Å². The maximum absolute atomic E-state index is 9.88. The Morgan fingerprint density at radius 2 is 2.14 bits per heavy atom. The van der Waals surface area contributed by atoms with Crippen LogP contribution in [0.3, 0.4) is 0 Å². The minimum atomic E-state index is 0.0484. The van der Waals surface area contributed by atoms with E-state index in [-0.39, 0.29) is 5.54 Å². The van der Waals surface area contributed by atoms with Gasteiger partial charge in [-0.25, -0.2) is 0 Å². The summed E-state index contributed by atoms with van der Waals surface area (Å²) >= 11 is 0. The molecule has 0 bridgehead atoms. The third kappa shape index (κ3) is 2.96. The van der Waals surface area contributed by atoms with Gasteiger partial charge in [-0.15, -0.1) is 0 Å². The number of hydrogen-bond acceptors (Lipinski definition) is 2. The van der Waals surface area contributed by atoms with Crippen LogP contribution < -0.4 is 0 Å². The standard InChI is InChI=1S/C12H25NO/c1-4-5-6-8-12(3)10-11(2)7-9-13(12)14/h11,14H,4-10H2,1-3H3. The molecule has 1 fully saturated rings. The Labute approximate surface area is 88.3 Å². The Bertz CT molecular complexity index is 172. The molecule has 1 N–H and O–H groups in total. The van der Waals surface area contributed by atoms with Gasteiger partial charge >= 0.3 is 0 Å². The molecule has 1 aliphatic rings. The van der Waals surface area contributed by atoms with Crippen LogP contribution in [0.4, 0.5) is 0 Å². The molecular formula is C12H25NO. The fourth-order valence-corrected chi connectivity index (χ4v) is 2.56. The Balaban J connectivity index is 2.42. The molecule has 0 aromatic heterocycles. The summed E-state index contributed by atoms with van der Waals surface area (Å²) in [6.45, 7) is 7.58. The third-order valence-corrected chi connectivity index (χ3v) is 3.56. The van der Waals surface area contributed by atoms with Crippen LogP contribution in [0, 0.1) is 5.92 Å². The first-order valence-corrected chi connectivity index (χ1v) is 6.05. The molecule has 0 spiro atoms. The van der Waals surface area contributed by atoms with Crippen LogP contribution in [0.2, 0.25) is 0 Å². The average molecular weight is 199 g/mol. The van der Waals surface area contributed by atoms with Crippen molar-refractivity contribution >= 4 is 0 Å². The summed E-state index contributed by atoms with van der Waals surface area (Å²) in [6, 6.07) is 0. The average Bonchev–Trinajstić information content (AvgIpc) is 2.13. The van der Waals surface area contributed by atoms with Crippen molar-refractivity contribution in [3.05, 3.63) is 0 Å². The topological polar surface area (TPSA) is 23.5 Å². The largest absolute Gasteiger partial charge is 0.313 e. The fourth-order valence-electron chi connectivity index (χ4n) is 2.56. The quantitative estimate of drug-likeness (QED) is 0.701. The lowest BCUT2D eigenvalue weighted by Crippen LogP contribution is -2.49. The molecule has 0 radical (unpaired) electrons. The second-order valence-electron chi connectivity index (χ2n) is 5.18. The lowest BCUT2D eigenvalue weighted by molar-refractivity contribution is -0.195. The molecule has 2 unspecified atom stereocenters. The van der Waals surface area contributed by atoms with Crippen molar-refractivity contribution in [3.63, 3.8) is 0 Å². The zero-order valence-corrected chi connectivity index (χ0v) is 9.92. The van der Waals surface area contributed by atoms with Gasteiger partial charge in [0.2, 0.25) is 0 Å². The highest BCUT2D eigenvalue weighted by Crippen LogP contribution is 2.34. The number of unbranched alkanes of at least 4 members (excludes halogenated alkanes) is 2. The monoisotopic (exact) mass is 199 g/mol. The number of piperidine rings is 1. The zero-order chi connectivity index (χ0) is 10.6. The van der Waals surface area contributed by atoms with Gasteiger partial charge in [0.15, 0.2) is 0 Å². The SMILES string of the molecule is CCCCCC1(C)CC(C)CCN1O. The zero-order valence-electron chi connectivity index (χ0n) is 9.92. The van der Waals surface area contributed by atoms with Gasteiger partial charge in [0.25, 0.3) is 0 Å². The minimum Gasteiger partial charge on any atom is -0.313 e.